The van der Waals surface area contributed by atoms with Crippen molar-refractivity contribution < 1.29 is 9.53 Å². The van der Waals surface area contributed by atoms with Crippen molar-refractivity contribution in [1.82, 2.24) is 0 Å². The van der Waals surface area contributed by atoms with Gasteiger partial charge in [-0.3, -0.25) is 4.79 Å². The molecule has 0 aromatic rings. The third-order valence-electron chi connectivity index (χ3n) is 3.08. The van der Waals surface area contributed by atoms with Crippen LogP contribution in [0.25, 0.3) is 0 Å². The molecule has 0 fully saturated rings. The molecule has 2 heteroatoms. The predicted octanol–water partition coefficient (Wildman–Crippen LogP) is 3.51. The molecule has 0 aromatic heterocycles. The second-order valence-electron chi connectivity index (χ2n) is 5.30. The Morgan fingerprint density at radius 1 is 1.38 bits per heavy atom. The van der Waals surface area contributed by atoms with E-state index < -0.39 is 0 Å². The molecule has 0 aliphatic heterocycles. The van der Waals surface area contributed by atoms with Crippen LogP contribution in [0.1, 0.15) is 52.9 Å². The van der Waals surface area contributed by atoms with Crippen LogP contribution < -0.4 is 0 Å². The molecule has 0 saturated heterocycles. The lowest BCUT2D eigenvalue weighted by molar-refractivity contribution is -0.116. The first kappa shape index (κ1) is 13.4. The fourth-order valence-corrected chi connectivity index (χ4v) is 1.96. The summed E-state index contributed by atoms with van der Waals surface area (Å²) >= 11 is 0. The Balaban J connectivity index is 2.34. The monoisotopic (exact) mass is 224 g/mol. The van der Waals surface area contributed by atoms with E-state index in [-0.39, 0.29) is 5.41 Å². The van der Waals surface area contributed by atoms with Gasteiger partial charge in [0.1, 0.15) is 0 Å². The highest BCUT2D eigenvalue weighted by molar-refractivity contribution is 5.96. The Bertz CT molecular complexity index is 264. The molecule has 0 atom stereocenters. The Kier molecular flexibility index (Phi) is 5.20. The van der Waals surface area contributed by atoms with Gasteiger partial charge in [-0.2, -0.15) is 0 Å². The molecule has 1 rings (SSSR count). The SMILES string of the molecule is CCCCOCCC1=CC(C)(C)CCC1=O. The molecular formula is C14H24O2. The average Bonchev–Trinajstić information content (AvgIpc) is 2.23. The number of hydrogen-bond donors (Lipinski definition) is 0. The summed E-state index contributed by atoms with van der Waals surface area (Å²) in [4.78, 5) is 11.7. The first-order chi connectivity index (χ1) is 7.55. The molecule has 0 radical (unpaired) electrons. The van der Waals surface area contributed by atoms with Crippen LogP contribution in [0.2, 0.25) is 0 Å². The van der Waals surface area contributed by atoms with Crippen molar-refractivity contribution in [2.75, 3.05) is 13.2 Å². The molecular weight excluding hydrogens is 200 g/mol. The number of Topliss-reactive ketones (excluding diaryl/α,β-unsaturated/α-hetero) is 1. The Labute approximate surface area is 99.1 Å². The van der Waals surface area contributed by atoms with Crippen molar-refractivity contribution in [3.63, 3.8) is 0 Å². The van der Waals surface area contributed by atoms with Gasteiger partial charge in [-0.05, 0) is 30.3 Å². The average molecular weight is 224 g/mol. The van der Waals surface area contributed by atoms with Crippen LogP contribution in [0.5, 0.6) is 0 Å². The zero-order chi connectivity index (χ0) is 12.0. The Morgan fingerprint density at radius 2 is 2.12 bits per heavy atom. The van der Waals surface area contributed by atoms with Crippen LogP contribution in [0.4, 0.5) is 0 Å². The molecule has 92 valence electrons. The van der Waals surface area contributed by atoms with Crippen molar-refractivity contribution in [3.05, 3.63) is 11.6 Å². The predicted molar refractivity (Wildman–Crippen MR) is 66.4 cm³/mol. The van der Waals surface area contributed by atoms with E-state index in [1.165, 1.54) is 0 Å². The number of rotatable bonds is 6. The number of ether oxygens (including phenoxy) is 1. The number of hydrogen-bond acceptors (Lipinski definition) is 2. The summed E-state index contributed by atoms with van der Waals surface area (Å²) < 4.78 is 5.50. The summed E-state index contributed by atoms with van der Waals surface area (Å²) in [5, 5.41) is 0. The lowest BCUT2D eigenvalue weighted by atomic mass is 9.78. The second kappa shape index (κ2) is 6.19. The fourth-order valence-electron chi connectivity index (χ4n) is 1.96. The van der Waals surface area contributed by atoms with Crippen molar-refractivity contribution in [2.24, 2.45) is 5.41 Å². The first-order valence-electron chi connectivity index (χ1n) is 6.38. The van der Waals surface area contributed by atoms with Crippen molar-refractivity contribution >= 4 is 5.78 Å². The number of ketones is 1. The lowest BCUT2D eigenvalue weighted by Gasteiger charge is -2.26. The molecule has 0 saturated carbocycles. The maximum Gasteiger partial charge on any atom is 0.158 e. The topological polar surface area (TPSA) is 26.3 Å². The zero-order valence-corrected chi connectivity index (χ0v) is 10.8. The van der Waals surface area contributed by atoms with E-state index in [0.29, 0.717) is 18.8 Å². The molecule has 0 N–H and O–H groups in total. The van der Waals surface area contributed by atoms with E-state index >= 15 is 0 Å². The van der Waals surface area contributed by atoms with Gasteiger partial charge in [0.05, 0.1) is 6.61 Å². The first-order valence-corrected chi connectivity index (χ1v) is 6.38. The molecule has 0 heterocycles. The van der Waals surface area contributed by atoms with E-state index in [0.717, 1.165) is 37.9 Å². The van der Waals surface area contributed by atoms with E-state index in [4.69, 9.17) is 4.74 Å². The van der Waals surface area contributed by atoms with E-state index in [2.05, 4.69) is 26.8 Å². The highest BCUT2D eigenvalue weighted by Gasteiger charge is 2.25. The highest BCUT2D eigenvalue weighted by atomic mass is 16.5. The maximum atomic E-state index is 11.7. The van der Waals surface area contributed by atoms with Crippen molar-refractivity contribution in [1.29, 1.82) is 0 Å². The van der Waals surface area contributed by atoms with Gasteiger partial charge in [0.2, 0.25) is 0 Å². The Hall–Kier alpha value is -0.630. The van der Waals surface area contributed by atoms with E-state index in [1.54, 1.807) is 0 Å². The third kappa shape index (κ3) is 4.48. The van der Waals surface area contributed by atoms with Gasteiger partial charge in [-0.15, -0.1) is 0 Å². The minimum absolute atomic E-state index is 0.187. The molecule has 0 spiro atoms. The zero-order valence-electron chi connectivity index (χ0n) is 10.8. The number of unbranched alkanes of at least 4 members (excludes halogenated alkanes) is 1. The van der Waals surface area contributed by atoms with Gasteiger partial charge in [0.25, 0.3) is 0 Å². The van der Waals surface area contributed by atoms with Gasteiger partial charge >= 0.3 is 0 Å². The van der Waals surface area contributed by atoms with Crippen LogP contribution in [0.15, 0.2) is 11.6 Å². The fraction of sp³-hybridized carbons (Fsp3) is 0.786. The van der Waals surface area contributed by atoms with Crippen LogP contribution in [0, 0.1) is 5.41 Å². The van der Waals surface area contributed by atoms with Gasteiger partial charge in [-0.25, -0.2) is 0 Å². The number of allylic oxidation sites excluding steroid dienone is 1. The van der Waals surface area contributed by atoms with Crippen LogP contribution in [-0.2, 0) is 9.53 Å². The number of carbonyl (C=O) groups excluding carboxylic acids is 1. The van der Waals surface area contributed by atoms with Gasteiger partial charge in [0, 0.05) is 13.0 Å². The highest BCUT2D eigenvalue weighted by Crippen LogP contribution is 2.32. The number of carbonyl (C=O) groups is 1. The van der Waals surface area contributed by atoms with Crippen molar-refractivity contribution in [3.8, 4) is 0 Å². The molecule has 16 heavy (non-hydrogen) atoms. The lowest BCUT2D eigenvalue weighted by Crippen LogP contribution is -2.20. The molecule has 1 aliphatic rings. The molecule has 0 amide bonds. The normalized spacial score (nSPS) is 19.7. The Morgan fingerprint density at radius 3 is 2.81 bits per heavy atom. The van der Waals surface area contributed by atoms with E-state index in [1.807, 2.05) is 0 Å². The molecule has 0 unspecified atom stereocenters. The summed E-state index contributed by atoms with van der Waals surface area (Å²) in [7, 11) is 0. The van der Waals surface area contributed by atoms with Gasteiger partial charge in [0.15, 0.2) is 5.78 Å². The quantitative estimate of drug-likeness (QED) is 0.645. The minimum atomic E-state index is 0.187. The largest absolute Gasteiger partial charge is 0.381 e. The summed E-state index contributed by atoms with van der Waals surface area (Å²) in [5.74, 6) is 0.318. The van der Waals surface area contributed by atoms with Crippen LogP contribution in [0.3, 0.4) is 0 Å². The van der Waals surface area contributed by atoms with Crippen LogP contribution >= 0.6 is 0 Å². The maximum absolute atomic E-state index is 11.7. The smallest absolute Gasteiger partial charge is 0.158 e. The minimum Gasteiger partial charge on any atom is -0.381 e. The standard InChI is InChI=1S/C14H24O2/c1-4-5-9-16-10-7-12-11-14(2,3)8-6-13(12)15/h11H,4-10H2,1-3H3. The summed E-state index contributed by atoms with van der Waals surface area (Å²) in [6.07, 6.45) is 6.88. The third-order valence-corrected chi connectivity index (χ3v) is 3.08. The molecule has 2 nitrogen and oxygen atoms in total. The summed E-state index contributed by atoms with van der Waals surface area (Å²) in [5.41, 5.74) is 1.17. The van der Waals surface area contributed by atoms with Crippen molar-refractivity contribution in [2.45, 2.75) is 52.9 Å². The van der Waals surface area contributed by atoms with E-state index in [9.17, 15) is 4.79 Å². The van der Waals surface area contributed by atoms with Crippen LogP contribution in [-0.4, -0.2) is 19.0 Å². The summed E-state index contributed by atoms with van der Waals surface area (Å²) in [6.45, 7) is 8.04. The molecule has 0 bridgehead atoms. The van der Waals surface area contributed by atoms with Gasteiger partial charge < -0.3 is 4.74 Å². The molecule has 0 aromatic carbocycles. The molecule has 1 aliphatic carbocycles. The summed E-state index contributed by atoms with van der Waals surface area (Å²) in [6, 6.07) is 0. The second-order valence-corrected chi connectivity index (χ2v) is 5.30. The van der Waals surface area contributed by atoms with Gasteiger partial charge in [-0.1, -0.05) is 33.3 Å².